The number of nitrogens with one attached hydrogen (secondary N) is 1. The Balaban J connectivity index is 1.86. The second kappa shape index (κ2) is 6.26. The molecule has 2 aromatic rings. The Morgan fingerprint density at radius 1 is 1.17 bits per heavy atom. The minimum Gasteiger partial charge on any atom is -0.310 e. The minimum atomic E-state index is -0.157. The first kappa shape index (κ1) is 12.7. The predicted molar refractivity (Wildman–Crippen MR) is 70.8 cm³/mol. The fourth-order valence-electron chi connectivity index (χ4n) is 1.90. The van der Waals surface area contributed by atoms with Crippen molar-refractivity contribution in [2.24, 2.45) is 0 Å². The third-order valence-corrected chi connectivity index (χ3v) is 2.93. The van der Waals surface area contributed by atoms with E-state index in [4.69, 9.17) is 0 Å². The highest BCUT2D eigenvalue weighted by Gasteiger charge is 2.08. The molecule has 1 heterocycles. The van der Waals surface area contributed by atoms with Crippen molar-refractivity contribution < 1.29 is 4.39 Å². The van der Waals surface area contributed by atoms with Crippen molar-refractivity contribution in [1.82, 2.24) is 10.3 Å². The Kier molecular flexibility index (Phi) is 4.42. The maximum absolute atomic E-state index is 13.5. The Morgan fingerprint density at radius 3 is 2.67 bits per heavy atom. The summed E-state index contributed by atoms with van der Waals surface area (Å²) in [7, 11) is 0. The zero-order valence-electron chi connectivity index (χ0n) is 10.4. The molecule has 0 unspecified atom stereocenters. The number of aromatic nitrogens is 1. The molecule has 0 bridgehead atoms. The molecule has 1 aromatic heterocycles. The molecule has 1 atom stereocenters. The number of halogens is 1. The highest BCUT2D eigenvalue weighted by Crippen LogP contribution is 2.15. The van der Waals surface area contributed by atoms with Gasteiger partial charge in [-0.1, -0.05) is 24.3 Å². The van der Waals surface area contributed by atoms with Crippen molar-refractivity contribution in [2.75, 3.05) is 6.54 Å². The fraction of sp³-hybridized carbons (Fsp3) is 0.267. The average Bonchev–Trinajstić information content (AvgIpc) is 2.40. The van der Waals surface area contributed by atoms with Gasteiger partial charge in [0.2, 0.25) is 0 Å². The highest BCUT2D eigenvalue weighted by atomic mass is 19.1. The van der Waals surface area contributed by atoms with Crippen LogP contribution in [0.15, 0.2) is 48.7 Å². The van der Waals surface area contributed by atoms with E-state index in [1.165, 1.54) is 6.07 Å². The summed E-state index contributed by atoms with van der Waals surface area (Å²) in [6, 6.07) is 12.8. The largest absolute Gasteiger partial charge is 0.310 e. The van der Waals surface area contributed by atoms with Gasteiger partial charge in [-0.15, -0.1) is 0 Å². The van der Waals surface area contributed by atoms with Gasteiger partial charge in [0, 0.05) is 36.5 Å². The molecule has 2 rings (SSSR count). The van der Waals surface area contributed by atoms with Gasteiger partial charge in [-0.25, -0.2) is 4.39 Å². The number of pyridine rings is 1. The van der Waals surface area contributed by atoms with Crippen LogP contribution in [0, 0.1) is 5.82 Å². The monoisotopic (exact) mass is 244 g/mol. The smallest absolute Gasteiger partial charge is 0.127 e. The third-order valence-electron chi connectivity index (χ3n) is 2.93. The van der Waals surface area contributed by atoms with Gasteiger partial charge in [-0.2, -0.15) is 0 Å². The molecule has 1 aromatic carbocycles. The second-order valence-corrected chi connectivity index (χ2v) is 4.27. The third kappa shape index (κ3) is 3.37. The van der Waals surface area contributed by atoms with E-state index < -0.39 is 0 Å². The first-order valence-corrected chi connectivity index (χ1v) is 6.15. The van der Waals surface area contributed by atoms with E-state index in [2.05, 4.69) is 10.3 Å². The molecule has 0 spiro atoms. The lowest BCUT2D eigenvalue weighted by Crippen LogP contribution is -2.22. The lowest BCUT2D eigenvalue weighted by molar-refractivity contribution is 0.529. The zero-order chi connectivity index (χ0) is 12.8. The first-order valence-electron chi connectivity index (χ1n) is 6.15. The normalized spacial score (nSPS) is 12.3. The Bertz CT molecular complexity index is 485. The molecule has 2 nitrogen and oxygen atoms in total. The van der Waals surface area contributed by atoms with Crippen LogP contribution < -0.4 is 5.32 Å². The quantitative estimate of drug-likeness (QED) is 0.874. The maximum Gasteiger partial charge on any atom is 0.127 e. The van der Waals surface area contributed by atoms with Crippen LogP contribution in [-0.2, 0) is 6.42 Å². The van der Waals surface area contributed by atoms with Gasteiger partial charge in [0.25, 0.3) is 0 Å². The van der Waals surface area contributed by atoms with Gasteiger partial charge in [-0.05, 0) is 25.1 Å². The Morgan fingerprint density at radius 2 is 1.94 bits per heavy atom. The number of nitrogens with zero attached hydrogens (tertiary/aromatic N) is 1. The van der Waals surface area contributed by atoms with Gasteiger partial charge in [0.05, 0.1) is 0 Å². The Labute approximate surface area is 107 Å². The molecular formula is C15H17FN2. The second-order valence-electron chi connectivity index (χ2n) is 4.27. The summed E-state index contributed by atoms with van der Waals surface area (Å²) in [6.07, 6.45) is 2.63. The van der Waals surface area contributed by atoms with Crippen LogP contribution >= 0.6 is 0 Å². The van der Waals surface area contributed by atoms with Gasteiger partial charge < -0.3 is 5.32 Å². The summed E-state index contributed by atoms with van der Waals surface area (Å²) < 4.78 is 13.5. The molecular weight excluding hydrogens is 227 g/mol. The van der Waals surface area contributed by atoms with Gasteiger partial charge in [-0.3, -0.25) is 4.98 Å². The zero-order valence-corrected chi connectivity index (χ0v) is 10.4. The van der Waals surface area contributed by atoms with Gasteiger partial charge in [0.1, 0.15) is 5.82 Å². The summed E-state index contributed by atoms with van der Waals surface area (Å²) in [5, 5.41) is 3.31. The van der Waals surface area contributed by atoms with Gasteiger partial charge >= 0.3 is 0 Å². The van der Waals surface area contributed by atoms with Crippen molar-refractivity contribution in [3.05, 3.63) is 65.7 Å². The number of rotatable bonds is 5. The Hall–Kier alpha value is -1.74. The van der Waals surface area contributed by atoms with Crippen LogP contribution in [-0.4, -0.2) is 11.5 Å². The summed E-state index contributed by atoms with van der Waals surface area (Å²) >= 11 is 0. The van der Waals surface area contributed by atoms with E-state index in [0.717, 1.165) is 18.7 Å². The minimum absolute atomic E-state index is 0.00918. The molecule has 0 saturated heterocycles. The molecule has 94 valence electrons. The standard InChI is InChI=1S/C15H17FN2/c1-12(14-7-2-3-8-15(14)16)17-11-9-13-6-4-5-10-18-13/h2-8,10,12,17H,9,11H2,1H3/t12-/m1/s1. The highest BCUT2D eigenvalue weighted by molar-refractivity contribution is 5.20. The predicted octanol–water partition coefficient (Wildman–Crippen LogP) is 3.11. The van der Waals surface area contributed by atoms with Crippen molar-refractivity contribution in [2.45, 2.75) is 19.4 Å². The molecule has 0 radical (unpaired) electrons. The van der Waals surface area contributed by atoms with E-state index in [-0.39, 0.29) is 11.9 Å². The van der Waals surface area contributed by atoms with E-state index in [1.54, 1.807) is 12.3 Å². The van der Waals surface area contributed by atoms with Crippen molar-refractivity contribution in [3.63, 3.8) is 0 Å². The molecule has 3 heteroatoms. The van der Waals surface area contributed by atoms with Crippen LogP contribution in [0.2, 0.25) is 0 Å². The lowest BCUT2D eigenvalue weighted by atomic mass is 10.1. The van der Waals surface area contributed by atoms with E-state index >= 15 is 0 Å². The van der Waals surface area contributed by atoms with E-state index in [9.17, 15) is 4.39 Å². The molecule has 0 amide bonds. The lowest BCUT2D eigenvalue weighted by Gasteiger charge is -2.14. The van der Waals surface area contributed by atoms with Crippen LogP contribution in [0.4, 0.5) is 4.39 Å². The van der Waals surface area contributed by atoms with Crippen LogP contribution in [0.1, 0.15) is 24.2 Å². The van der Waals surface area contributed by atoms with Crippen LogP contribution in [0.3, 0.4) is 0 Å². The summed E-state index contributed by atoms with van der Waals surface area (Å²) in [4.78, 5) is 4.25. The SMILES string of the molecule is C[C@@H](NCCc1ccccn1)c1ccccc1F. The number of benzene rings is 1. The van der Waals surface area contributed by atoms with Gasteiger partial charge in [0.15, 0.2) is 0 Å². The molecule has 0 aliphatic heterocycles. The summed E-state index contributed by atoms with van der Waals surface area (Å²) in [5.41, 5.74) is 1.75. The van der Waals surface area contributed by atoms with Crippen molar-refractivity contribution in [1.29, 1.82) is 0 Å². The molecule has 0 fully saturated rings. The molecule has 0 aliphatic carbocycles. The van der Waals surface area contributed by atoms with E-state index in [1.807, 2.05) is 37.3 Å². The van der Waals surface area contributed by atoms with Crippen molar-refractivity contribution >= 4 is 0 Å². The first-order chi connectivity index (χ1) is 8.77. The fourth-order valence-corrected chi connectivity index (χ4v) is 1.90. The summed E-state index contributed by atoms with van der Waals surface area (Å²) in [5.74, 6) is -0.157. The van der Waals surface area contributed by atoms with Crippen LogP contribution in [0.25, 0.3) is 0 Å². The summed E-state index contributed by atoms with van der Waals surface area (Å²) in [6.45, 7) is 2.75. The van der Waals surface area contributed by atoms with E-state index in [0.29, 0.717) is 5.56 Å². The van der Waals surface area contributed by atoms with Crippen LogP contribution in [0.5, 0.6) is 0 Å². The number of hydrogen-bond acceptors (Lipinski definition) is 2. The number of hydrogen-bond donors (Lipinski definition) is 1. The topological polar surface area (TPSA) is 24.9 Å². The molecule has 18 heavy (non-hydrogen) atoms. The molecule has 1 N–H and O–H groups in total. The average molecular weight is 244 g/mol. The van der Waals surface area contributed by atoms with Crippen molar-refractivity contribution in [3.8, 4) is 0 Å². The molecule has 0 aliphatic rings. The maximum atomic E-state index is 13.5. The molecule has 0 saturated carbocycles.